The predicted molar refractivity (Wildman–Crippen MR) is 106 cm³/mol. The van der Waals surface area contributed by atoms with Crippen LogP contribution in [0.25, 0.3) is 11.8 Å². The highest BCUT2D eigenvalue weighted by Gasteiger charge is 2.58. The van der Waals surface area contributed by atoms with Gasteiger partial charge in [0.15, 0.2) is 5.79 Å². The second-order valence-corrected chi connectivity index (χ2v) is 8.82. The van der Waals surface area contributed by atoms with Crippen molar-refractivity contribution < 1.29 is 13.9 Å². The summed E-state index contributed by atoms with van der Waals surface area (Å²) in [5.41, 5.74) is 4.33. The Morgan fingerprint density at radius 1 is 1.14 bits per heavy atom. The SMILES string of the molecule is C[C@@H]1C[C@H](C)OC2(CCCC3=Cc4c(cnn4-c4ccc(F)cc4)C[C@@]32C)O1. The van der Waals surface area contributed by atoms with Gasteiger partial charge < -0.3 is 9.47 Å². The first-order chi connectivity index (χ1) is 13.4. The van der Waals surface area contributed by atoms with Crippen molar-refractivity contribution in [3.05, 3.63) is 53.1 Å². The van der Waals surface area contributed by atoms with Crippen molar-refractivity contribution in [2.24, 2.45) is 5.41 Å². The van der Waals surface area contributed by atoms with E-state index in [-0.39, 0.29) is 23.4 Å². The molecule has 3 aliphatic rings. The van der Waals surface area contributed by atoms with Crippen LogP contribution in [0.3, 0.4) is 0 Å². The normalized spacial score (nSPS) is 34.6. The minimum atomic E-state index is -0.566. The Bertz CT molecular complexity index is 923. The molecule has 5 rings (SSSR count). The number of halogens is 1. The van der Waals surface area contributed by atoms with Crippen LogP contribution in [0.1, 0.15) is 57.7 Å². The van der Waals surface area contributed by atoms with Gasteiger partial charge in [0.25, 0.3) is 0 Å². The van der Waals surface area contributed by atoms with Gasteiger partial charge in [0, 0.05) is 11.8 Å². The van der Waals surface area contributed by atoms with Gasteiger partial charge in [-0.3, -0.25) is 0 Å². The van der Waals surface area contributed by atoms with E-state index in [4.69, 9.17) is 9.47 Å². The molecule has 1 unspecified atom stereocenters. The zero-order chi connectivity index (χ0) is 19.5. The van der Waals surface area contributed by atoms with Crippen molar-refractivity contribution in [2.45, 2.75) is 70.9 Å². The molecule has 148 valence electrons. The van der Waals surface area contributed by atoms with Crippen LogP contribution in [0.2, 0.25) is 0 Å². The molecule has 0 amide bonds. The first kappa shape index (κ1) is 18.1. The Labute approximate surface area is 165 Å². The molecule has 1 saturated heterocycles. The third-order valence-electron chi connectivity index (χ3n) is 6.76. The van der Waals surface area contributed by atoms with Crippen LogP contribution < -0.4 is 0 Å². The summed E-state index contributed by atoms with van der Waals surface area (Å²) < 4.78 is 28.3. The Balaban J connectivity index is 1.58. The molecule has 1 aromatic carbocycles. The van der Waals surface area contributed by atoms with Crippen LogP contribution in [0, 0.1) is 11.2 Å². The first-order valence-electron chi connectivity index (χ1n) is 10.3. The van der Waals surface area contributed by atoms with E-state index in [0.717, 1.165) is 43.5 Å². The Morgan fingerprint density at radius 3 is 2.57 bits per heavy atom. The van der Waals surface area contributed by atoms with Crippen LogP contribution in [0.4, 0.5) is 4.39 Å². The van der Waals surface area contributed by atoms with E-state index in [0.29, 0.717) is 0 Å². The second-order valence-electron chi connectivity index (χ2n) is 8.82. The van der Waals surface area contributed by atoms with Crippen molar-refractivity contribution in [3.63, 3.8) is 0 Å². The molecule has 2 heterocycles. The molecule has 0 bridgehead atoms. The van der Waals surface area contributed by atoms with E-state index in [1.165, 1.54) is 23.3 Å². The minimum absolute atomic E-state index is 0.197. The van der Waals surface area contributed by atoms with Gasteiger partial charge in [-0.2, -0.15) is 5.10 Å². The van der Waals surface area contributed by atoms with Gasteiger partial charge in [0.2, 0.25) is 0 Å². The lowest BCUT2D eigenvalue weighted by Crippen LogP contribution is -2.60. The number of ether oxygens (including phenoxy) is 2. The topological polar surface area (TPSA) is 36.3 Å². The summed E-state index contributed by atoms with van der Waals surface area (Å²) in [7, 11) is 0. The maximum Gasteiger partial charge on any atom is 0.178 e. The monoisotopic (exact) mass is 382 g/mol. The van der Waals surface area contributed by atoms with Gasteiger partial charge in [-0.1, -0.05) is 12.5 Å². The molecular weight excluding hydrogens is 355 g/mol. The smallest absolute Gasteiger partial charge is 0.178 e. The molecule has 0 radical (unpaired) electrons. The summed E-state index contributed by atoms with van der Waals surface area (Å²) in [4.78, 5) is 0. The average Bonchev–Trinajstić information content (AvgIpc) is 3.03. The summed E-state index contributed by atoms with van der Waals surface area (Å²) in [6.45, 7) is 6.60. The summed E-state index contributed by atoms with van der Waals surface area (Å²) in [6.07, 6.45) is 9.41. The van der Waals surface area contributed by atoms with Gasteiger partial charge in [0.1, 0.15) is 5.82 Å². The standard InChI is InChI=1S/C23H27FN2O2/c1-15-11-16(2)28-23(27-15)10-4-5-18-12-21-17(13-22(18,23)3)14-25-26(21)20-8-6-19(24)7-9-20/h6-9,12,14-16H,4-5,10-11,13H2,1-3H3/t15-,16+,22-,23?/m0/s1. The van der Waals surface area contributed by atoms with Crippen LogP contribution >= 0.6 is 0 Å². The van der Waals surface area contributed by atoms with E-state index in [2.05, 4.69) is 31.9 Å². The average molecular weight is 382 g/mol. The van der Waals surface area contributed by atoms with Gasteiger partial charge >= 0.3 is 0 Å². The number of hydrogen-bond acceptors (Lipinski definition) is 3. The zero-order valence-electron chi connectivity index (χ0n) is 16.7. The fraction of sp³-hybridized carbons (Fsp3) is 0.522. The lowest BCUT2D eigenvalue weighted by atomic mass is 9.61. The van der Waals surface area contributed by atoms with Gasteiger partial charge in [0.05, 0.1) is 29.8 Å². The van der Waals surface area contributed by atoms with Gasteiger partial charge in [-0.25, -0.2) is 9.07 Å². The number of aromatic nitrogens is 2. The van der Waals surface area contributed by atoms with E-state index < -0.39 is 5.79 Å². The first-order valence-corrected chi connectivity index (χ1v) is 10.3. The molecule has 2 aromatic rings. The largest absolute Gasteiger partial charge is 0.346 e. The van der Waals surface area contributed by atoms with E-state index in [1.54, 1.807) is 12.1 Å². The molecule has 1 aliphatic heterocycles. The van der Waals surface area contributed by atoms with Crippen LogP contribution in [0.5, 0.6) is 0 Å². The van der Waals surface area contributed by atoms with E-state index >= 15 is 0 Å². The maximum absolute atomic E-state index is 13.3. The number of fused-ring (bicyclic) bond motifs is 3. The van der Waals surface area contributed by atoms with Crippen LogP contribution in [-0.2, 0) is 15.9 Å². The highest BCUT2D eigenvalue weighted by atomic mass is 19.1. The molecular formula is C23H27FN2O2. The molecule has 28 heavy (non-hydrogen) atoms. The number of nitrogens with zero attached hydrogens (tertiary/aromatic N) is 2. The molecule has 0 N–H and O–H groups in total. The van der Waals surface area contributed by atoms with Crippen molar-refractivity contribution >= 4 is 6.08 Å². The molecule has 1 saturated carbocycles. The van der Waals surface area contributed by atoms with Crippen molar-refractivity contribution in [3.8, 4) is 5.69 Å². The lowest BCUT2D eigenvalue weighted by molar-refractivity contribution is -0.358. The maximum atomic E-state index is 13.3. The Kier molecular flexibility index (Phi) is 4.04. The van der Waals surface area contributed by atoms with Gasteiger partial charge in [-0.15, -0.1) is 0 Å². The summed E-state index contributed by atoms with van der Waals surface area (Å²) >= 11 is 0. The molecule has 5 heteroatoms. The highest BCUT2D eigenvalue weighted by molar-refractivity contribution is 5.61. The quantitative estimate of drug-likeness (QED) is 0.692. The number of hydrogen-bond donors (Lipinski definition) is 0. The Hall–Kier alpha value is -1.98. The molecule has 2 fully saturated rings. The van der Waals surface area contributed by atoms with Crippen LogP contribution in [0.15, 0.2) is 36.0 Å². The summed E-state index contributed by atoms with van der Waals surface area (Å²) in [5.74, 6) is -0.802. The van der Waals surface area contributed by atoms with E-state index in [9.17, 15) is 4.39 Å². The Morgan fingerprint density at radius 2 is 1.86 bits per heavy atom. The molecule has 1 aromatic heterocycles. The fourth-order valence-corrected chi connectivity index (χ4v) is 5.42. The van der Waals surface area contributed by atoms with Crippen LogP contribution in [-0.4, -0.2) is 27.8 Å². The van der Waals surface area contributed by atoms with Crippen molar-refractivity contribution in [1.29, 1.82) is 0 Å². The third-order valence-corrected chi connectivity index (χ3v) is 6.76. The molecule has 2 aliphatic carbocycles. The second kappa shape index (κ2) is 6.26. The molecule has 4 nitrogen and oxygen atoms in total. The predicted octanol–water partition coefficient (Wildman–Crippen LogP) is 5.05. The van der Waals surface area contributed by atoms with Crippen molar-refractivity contribution in [2.75, 3.05) is 0 Å². The fourth-order valence-electron chi connectivity index (χ4n) is 5.42. The number of rotatable bonds is 1. The summed E-state index contributed by atoms with van der Waals surface area (Å²) in [6, 6.07) is 6.50. The number of benzene rings is 1. The lowest BCUT2D eigenvalue weighted by Gasteiger charge is -2.57. The van der Waals surface area contributed by atoms with E-state index in [1.807, 2.05) is 10.9 Å². The van der Waals surface area contributed by atoms with Crippen molar-refractivity contribution in [1.82, 2.24) is 9.78 Å². The molecule has 4 atom stereocenters. The summed E-state index contributed by atoms with van der Waals surface area (Å²) in [5, 5.41) is 4.62. The highest BCUT2D eigenvalue weighted by Crippen LogP contribution is 2.57. The zero-order valence-corrected chi connectivity index (χ0v) is 16.7. The minimum Gasteiger partial charge on any atom is -0.346 e. The molecule has 1 spiro atoms. The van der Waals surface area contributed by atoms with Gasteiger partial charge in [-0.05, 0) is 75.4 Å². The third kappa shape index (κ3) is 2.60.